The number of hydrogen-bond acceptors (Lipinski definition) is 4. The number of urea groups is 1. The number of thiophene rings is 1. The Labute approximate surface area is 181 Å². The Kier molecular flexibility index (Phi) is 5.65. The van der Waals surface area contributed by atoms with E-state index in [-0.39, 0.29) is 12.2 Å². The highest BCUT2D eigenvalue weighted by atomic mass is 35.5. The molecule has 2 N–H and O–H groups in total. The normalized spacial score (nSPS) is 14.8. The van der Waals surface area contributed by atoms with Gasteiger partial charge in [-0.2, -0.15) is 0 Å². The molecule has 1 fully saturated rings. The maximum atomic E-state index is 12.6. The first kappa shape index (κ1) is 19.9. The van der Waals surface area contributed by atoms with E-state index in [2.05, 4.69) is 10.6 Å². The van der Waals surface area contributed by atoms with Crippen molar-refractivity contribution < 1.29 is 14.4 Å². The van der Waals surface area contributed by atoms with Crippen LogP contribution in [0.2, 0.25) is 5.02 Å². The lowest BCUT2D eigenvalue weighted by Crippen LogP contribution is -2.38. The number of nitrogens with zero attached hydrogens (tertiary/aromatic N) is 1. The zero-order valence-corrected chi connectivity index (χ0v) is 17.2. The Morgan fingerprint density at radius 2 is 1.77 bits per heavy atom. The van der Waals surface area contributed by atoms with E-state index < -0.39 is 17.8 Å². The van der Waals surface area contributed by atoms with Crippen molar-refractivity contribution in [1.29, 1.82) is 0 Å². The summed E-state index contributed by atoms with van der Waals surface area (Å²) in [5, 5.41) is 5.71. The van der Waals surface area contributed by atoms with Crippen LogP contribution < -0.4 is 10.6 Å². The van der Waals surface area contributed by atoms with Gasteiger partial charge in [0.25, 0.3) is 5.91 Å². The molecule has 0 saturated carbocycles. The molecule has 2 heterocycles. The largest absolute Gasteiger partial charge is 0.329 e. The van der Waals surface area contributed by atoms with Gasteiger partial charge < -0.3 is 10.6 Å². The Morgan fingerprint density at radius 3 is 2.50 bits per heavy atom. The third-order valence-electron chi connectivity index (χ3n) is 4.36. The summed E-state index contributed by atoms with van der Waals surface area (Å²) in [5.74, 6) is -1.02. The minimum atomic E-state index is -0.627. The predicted octanol–water partition coefficient (Wildman–Crippen LogP) is 4.60. The van der Waals surface area contributed by atoms with Crippen LogP contribution in [-0.4, -0.2) is 29.3 Å². The van der Waals surface area contributed by atoms with Crippen molar-refractivity contribution in [2.24, 2.45) is 0 Å². The second-order valence-electron chi connectivity index (χ2n) is 6.50. The van der Waals surface area contributed by atoms with Gasteiger partial charge >= 0.3 is 6.03 Å². The third kappa shape index (κ3) is 4.42. The smallest absolute Gasteiger partial charge is 0.325 e. The van der Waals surface area contributed by atoms with Gasteiger partial charge in [-0.25, -0.2) is 9.69 Å². The van der Waals surface area contributed by atoms with E-state index in [4.69, 9.17) is 11.6 Å². The van der Waals surface area contributed by atoms with Crippen LogP contribution in [0, 0.1) is 0 Å². The highest BCUT2D eigenvalue weighted by Gasteiger charge is 2.35. The lowest BCUT2D eigenvalue weighted by atomic mass is 10.2. The Balaban J connectivity index is 1.44. The van der Waals surface area contributed by atoms with Crippen LogP contribution in [0.3, 0.4) is 0 Å². The fourth-order valence-electron chi connectivity index (χ4n) is 2.92. The molecular formula is C22H16ClN3O3S. The number of benzene rings is 2. The summed E-state index contributed by atoms with van der Waals surface area (Å²) in [4.78, 5) is 39.8. The Bertz CT molecular complexity index is 1140. The number of imide groups is 1. The lowest BCUT2D eigenvalue weighted by molar-refractivity contribution is -0.127. The van der Waals surface area contributed by atoms with Gasteiger partial charge in [-0.3, -0.25) is 9.59 Å². The number of carbonyl (C=O) groups excluding carboxylic acids is 3. The van der Waals surface area contributed by atoms with Gasteiger partial charge in [0.15, 0.2) is 0 Å². The first-order chi connectivity index (χ1) is 14.5. The van der Waals surface area contributed by atoms with Crippen LogP contribution >= 0.6 is 22.9 Å². The molecule has 8 heteroatoms. The fourth-order valence-corrected chi connectivity index (χ4v) is 4.01. The number of anilines is 1. The maximum absolute atomic E-state index is 12.6. The second-order valence-corrected chi connectivity index (χ2v) is 8.05. The van der Waals surface area contributed by atoms with E-state index in [1.165, 1.54) is 11.3 Å². The van der Waals surface area contributed by atoms with Crippen LogP contribution in [0.4, 0.5) is 10.5 Å². The zero-order chi connectivity index (χ0) is 21.1. The van der Waals surface area contributed by atoms with Crippen molar-refractivity contribution in [2.45, 2.75) is 0 Å². The molecule has 30 heavy (non-hydrogen) atoms. The van der Waals surface area contributed by atoms with Crippen LogP contribution in [0.1, 0.15) is 4.88 Å². The molecule has 0 bridgehead atoms. The lowest BCUT2D eigenvalue weighted by Gasteiger charge is -2.11. The first-order valence-electron chi connectivity index (χ1n) is 9.05. The van der Waals surface area contributed by atoms with Crippen LogP contribution in [0.15, 0.2) is 72.4 Å². The van der Waals surface area contributed by atoms with Gasteiger partial charge in [-0.1, -0.05) is 41.9 Å². The van der Waals surface area contributed by atoms with Crippen molar-refractivity contribution in [3.63, 3.8) is 0 Å². The highest BCUT2D eigenvalue weighted by molar-refractivity contribution is 7.16. The minimum Gasteiger partial charge on any atom is -0.325 e. The summed E-state index contributed by atoms with van der Waals surface area (Å²) >= 11 is 7.32. The molecule has 2 aromatic carbocycles. The topological polar surface area (TPSA) is 78.5 Å². The highest BCUT2D eigenvalue weighted by Crippen LogP contribution is 2.29. The first-order valence-corrected chi connectivity index (χ1v) is 10.2. The number of hydrogen-bond donors (Lipinski definition) is 2. The van der Waals surface area contributed by atoms with Crippen molar-refractivity contribution in [3.05, 3.63) is 82.3 Å². The van der Waals surface area contributed by atoms with Gasteiger partial charge in [-0.05, 0) is 48.0 Å². The van der Waals surface area contributed by atoms with E-state index in [0.29, 0.717) is 10.7 Å². The van der Waals surface area contributed by atoms with Crippen molar-refractivity contribution in [2.75, 3.05) is 11.9 Å². The molecule has 3 aromatic rings. The average molecular weight is 438 g/mol. The summed E-state index contributed by atoms with van der Waals surface area (Å²) in [6, 6.07) is 19.6. The second kappa shape index (κ2) is 8.52. The summed E-state index contributed by atoms with van der Waals surface area (Å²) in [5.41, 5.74) is 1.74. The van der Waals surface area contributed by atoms with Gasteiger partial charge in [0, 0.05) is 20.5 Å². The van der Waals surface area contributed by atoms with Crippen LogP contribution in [0.5, 0.6) is 0 Å². The molecule has 0 atom stereocenters. The van der Waals surface area contributed by atoms with E-state index >= 15 is 0 Å². The molecular weight excluding hydrogens is 422 g/mol. The monoisotopic (exact) mass is 437 g/mol. The van der Waals surface area contributed by atoms with Crippen molar-refractivity contribution >= 4 is 52.5 Å². The minimum absolute atomic E-state index is 0.140. The molecule has 1 saturated heterocycles. The van der Waals surface area contributed by atoms with Crippen molar-refractivity contribution in [3.8, 4) is 10.4 Å². The summed E-state index contributed by atoms with van der Waals surface area (Å²) < 4.78 is 0. The van der Waals surface area contributed by atoms with Crippen LogP contribution in [0.25, 0.3) is 16.5 Å². The van der Waals surface area contributed by atoms with Gasteiger partial charge in [0.1, 0.15) is 12.2 Å². The fraction of sp³-hybridized carbons (Fsp3) is 0.0455. The van der Waals surface area contributed by atoms with Crippen LogP contribution in [-0.2, 0) is 9.59 Å². The molecule has 1 aromatic heterocycles. The summed E-state index contributed by atoms with van der Waals surface area (Å²) in [7, 11) is 0. The standard InChI is InChI=1S/C22H16ClN3O3S/c23-15-6-8-16(9-7-15)24-20(27)13-26-21(28)18(25-22(26)29)12-17-10-11-19(30-17)14-4-2-1-3-5-14/h1-12H,13H2,(H,24,27)(H,25,29)/b18-12-. The Hall–Kier alpha value is -3.42. The molecule has 1 aliphatic heterocycles. The maximum Gasteiger partial charge on any atom is 0.329 e. The third-order valence-corrected chi connectivity index (χ3v) is 5.70. The van der Waals surface area contributed by atoms with Gasteiger partial charge in [0.2, 0.25) is 5.91 Å². The van der Waals surface area contributed by atoms with E-state index in [9.17, 15) is 14.4 Å². The molecule has 6 nitrogen and oxygen atoms in total. The summed E-state index contributed by atoms with van der Waals surface area (Å²) in [6.45, 7) is -0.385. The summed E-state index contributed by atoms with van der Waals surface area (Å²) in [6.07, 6.45) is 1.62. The number of rotatable bonds is 5. The zero-order valence-electron chi connectivity index (χ0n) is 15.6. The van der Waals surface area contributed by atoms with E-state index in [0.717, 1.165) is 20.2 Å². The predicted molar refractivity (Wildman–Crippen MR) is 118 cm³/mol. The molecule has 4 rings (SSSR count). The average Bonchev–Trinajstić information content (AvgIpc) is 3.31. The SMILES string of the molecule is O=C(CN1C(=O)N/C(=C\c2ccc(-c3ccccc3)s2)C1=O)Nc1ccc(Cl)cc1. The molecule has 0 radical (unpaired) electrons. The molecule has 0 aliphatic carbocycles. The number of carbonyl (C=O) groups is 3. The molecule has 0 spiro atoms. The number of amides is 4. The van der Waals surface area contributed by atoms with E-state index in [1.807, 2.05) is 42.5 Å². The number of nitrogens with one attached hydrogen (secondary N) is 2. The molecule has 0 unspecified atom stereocenters. The van der Waals surface area contributed by atoms with Gasteiger partial charge in [-0.15, -0.1) is 11.3 Å². The molecule has 4 amide bonds. The molecule has 1 aliphatic rings. The van der Waals surface area contributed by atoms with E-state index in [1.54, 1.807) is 30.3 Å². The molecule has 150 valence electrons. The Morgan fingerprint density at radius 1 is 1.03 bits per heavy atom. The van der Waals surface area contributed by atoms with Gasteiger partial charge in [0.05, 0.1) is 0 Å². The number of halogens is 1. The van der Waals surface area contributed by atoms with Crippen molar-refractivity contribution in [1.82, 2.24) is 10.2 Å². The quantitative estimate of drug-likeness (QED) is 0.452.